The number of para-hydroxylation sites is 1. The third-order valence-electron chi connectivity index (χ3n) is 5.57. The van der Waals surface area contributed by atoms with Crippen LogP contribution in [0.4, 0.5) is 0 Å². The zero-order valence-corrected chi connectivity index (χ0v) is 16.1. The van der Waals surface area contributed by atoms with Crippen molar-refractivity contribution in [2.75, 3.05) is 0 Å². The average Bonchev–Trinajstić information content (AvgIpc) is 3.16. The summed E-state index contributed by atoms with van der Waals surface area (Å²) < 4.78 is 5.26. The molecule has 1 saturated carbocycles. The van der Waals surface area contributed by atoms with Gasteiger partial charge in [0.1, 0.15) is 5.75 Å². The fraction of sp³-hybridized carbons (Fsp3) is 0.500. The van der Waals surface area contributed by atoms with Gasteiger partial charge in [0.25, 0.3) is 0 Å². The van der Waals surface area contributed by atoms with Crippen molar-refractivity contribution < 1.29 is 29.0 Å². The summed E-state index contributed by atoms with van der Waals surface area (Å²) in [4.78, 5) is 48.7. The van der Waals surface area contributed by atoms with Crippen molar-refractivity contribution in [3.63, 3.8) is 0 Å². The maximum atomic E-state index is 12.9. The lowest BCUT2D eigenvalue weighted by atomic mass is 9.75. The molecule has 158 valence electrons. The molecule has 0 heterocycles. The SMILES string of the molecule is NC(=O)C1(CCC(N)(C(=O)Oc2ccccc2)C(=O)[C@@H](N)CC(=O)O)CCCC1. The summed E-state index contributed by atoms with van der Waals surface area (Å²) in [5.41, 5.74) is 14.4. The Balaban J connectivity index is 2.28. The van der Waals surface area contributed by atoms with Gasteiger partial charge in [-0.3, -0.25) is 14.4 Å². The van der Waals surface area contributed by atoms with Crippen LogP contribution < -0.4 is 21.9 Å². The predicted octanol–water partition coefficient (Wildman–Crippen LogP) is 0.487. The van der Waals surface area contributed by atoms with E-state index < -0.39 is 47.0 Å². The van der Waals surface area contributed by atoms with E-state index in [1.54, 1.807) is 18.2 Å². The first-order chi connectivity index (χ1) is 13.6. The number of Topliss-reactive ketones (excluding diaryl/α,β-unsaturated/α-hetero) is 1. The molecule has 0 aromatic heterocycles. The van der Waals surface area contributed by atoms with Gasteiger partial charge >= 0.3 is 11.9 Å². The number of primary amides is 1. The van der Waals surface area contributed by atoms with Crippen LogP contribution in [0.1, 0.15) is 44.9 Å². The molecule has 0 saturated heterocycles. The molecular formula is C20H27N3O6. The van der Waals surface area contributed by atoms with Crippen molar-refractivity contribution in [2.24, 2.45) is 22.6 Å². The number of ether oxygens (including phenoxy) is 1. The molecule has 2 atom stereocenters. The van der Waals surface area contributed by atoms with Gasteiger partial charge in [-0.05, 0) is 37.8 Å². The second kappa shape index (κ2) is 9.15. The van der Waals surface area contributed by atoms with Gasteiger partial charge in [0.15, 0.2) is 11.3 Å². The minimum absolute atomic E-state index is 0.105. The second-order valence-electron chi connectivity index (χ2n) is 7.59. The van der Waals surface area contributed by atoms with E-state index in [2.05, 4.69) is 0 Å². The minimum atomic E-state index is -2.20. The number of carbonyl (C=O) groups is 4. The monoisotopic (exact) mass is 405 g/mol. The average molecular weight is 405 g/mol. The molecule has 2 rings (SSSR count). The molecule has 0 radical (unpaired) electrons. The first kappa shape index (κ1) is 22.5. The molecule has 1 fully saturated rings. The van der Waals surface area contributed by atoms with Gasteiger partial charge in [-0.15, -0.1) is 0 Å². The Bertz CT molecular complexity index is 776. The number of hydrogen-bond acceptors (Lipinski definition) is 7. The summed E-state index contributed by atoms with van der Waals surface area (Å²) in [5.74, 6) is -3.62. The third-order valence-corrected chi connectivity index (χ3v) is 5.57. The van der Waals surface area contributed by atoms with Crippen LogP contribution in [0.2, 0.25) is 0 Å². The fourth-order valence-electron chi connectivity index (χ4n) is 3.73. The number of rotatable bonds is 10. The van der Waals surface area contributed by atoms with Crippen molar-refractivity contribution in [1.29, 1.82) is 0 Å². The predicted molar refractivity (Wildman–Crippen MR) is 104 cm³/mol. The standard InChI is InChI=1S/C20H27N3O6/c21-14(12-15(24)25)16(26)20(23,18(28)29-13-6-2-1-3-7-13)11-10-19(17(22)27)8-4-5-9-19/h1-3,6-7,14H,4-5,8-12,21,23H2,(H2,22,27)(H,24,25)/t14-,20?/m0/s1. The van der Waals surface area contributed by atoms with Crippen molar-refractivity contribution in [2.45, 2.75) is 56.5 Å². The van der Waals surface area contributed by atoms with Crippen LogP contribution in [-0.4, -0.2) is 40.3 Å². The third kappa shape index (κ3) is 5.18. The molecule has 29 heavy (non-hydrogen) atoms. The van der Waals surface area contributed by atoms with E-state index in [0.717, 1.165) is 12.8 Å². The number of esters is 1. The van der Waals surface area contributed by atoms with Crippen LogP contribution in [0.15, 0.2) is 30.3 Å². The molecular weight excluding hydrogens is 378 g/mol. The number of nitrogens with two attached hydrogens (primary N) is 3. The number of carboxylic acid groups (broad SMARTS) is 1. The summed E-state index contributed by atoms with van der Waals surface area (Å²) in [6.07, 6.45) is 1.89. The van der Waals surface area contributed by atoms with E-state index in [1.165, 1.54) is 12.1 Å². The highest BCUT2D eigenvalue weighted by Gasteiger charge is 2.49. The van der Waals surface area contributed by atoms with Gasteiger partial charge < -0.3 is 27.0 Å². The van der Waals surface area contributed by atoms with Crippen LogP contribution >= 0.6 is 0 Å². The van der Waals surface area contributed by atoms with Crippen LogP contribution in [0.5, 0.6) is 5.75 Å². The lowest BCUT2D eigenvalue weighted by Crippen LogP contribution is -2.62. The Kier molecular flexibility index (Phi) is 7.10. The highest BCUT2D eigenvalue weighted by molar-refractivity contribution is 6.11. The van der Waals surface area contributed by atoms with Crippen molar-refractivity contribution in [1.82, 2.24) is 0 Å². The van der Waals surface area contributed by atoms with Crippen molar-refractivity contribution in [3.8, 4) is 5.75 Å². The Hall–Kier alpha value is -2.78. The molecule has 1 aromatic carbocycles. The Labute approximate surface area is 168 Å². The molecule has 0 bridgehead atoms. The molecule has 1 aromatic rings. The summed E-state index contributed by atoms with van der Waals surface area (Å²) in [7, 11) is 0. The second-order valence-corrected chi connectivity index (χ2v) is 7.59. The molecule has 1 aliphatic carbocycles. The number of hydrogen-bond donors (Lipinski definition) is 4. The normalized spacial score (nSPS) is 18.4. The molecule has 0 spiro atoms. The van der Waals surface area contributed by atoms with Crippen molar-refractivity contribution in [3.05, 3.63) is 30.3 Å². The Morgan fingerprint density at radius 3 is 2.24 bits per heavy atom. The quantitative estimate of drug-likeness (QED) is 0.247. The maximum Gasteiger partial charge on any atom is 0.339 e. The van der Waals surface area contributed by atoms with E-state index in [9.17, 15) is 19.2 Å². The summed E-state index contributed by atoms with van der Waals surface area (Å²) >= 11 is 0. The molecule has 7 N–H and O–H groups in total. The number of carbonyl (C=O) groups excluding carboxylic acids is 3. The molecule has 1 unspecified atom stereocenters. The van der Waals surface area contributed by atoms with Gasteiger partial charge in [-0.1, -0.05) is 31.0 Å². The maximum absolute atomic E-state index is 12.9. The van der Waals surface area contributed by atoms with Crippen LogP contribution in [0.3, 0.4) is 0 Å². The van der Waals surface area contributed by atoms with E-state index in [0.29, 0.717) is 12.8 Å². The smallest absolute Gasteiger partial charge is 0.339 e. The molecule has 9 nitrogen and oxygen atoms in total. The van der Waals surface area contributed by atoms with Crippen LogP contribution in [-0.2, 0) is 19.2 Å². The highest BCUT2D eigenvalue weighted by Crippen LogP contribution is 2.43. The van der Waals surface area contributed by atoms with E-state index in [1.807, 2.05) is 0 Å². The van der Waals surface area contributed by atoms with E-state index >= 15 is 0 Å². The summed E-state index contributed by atoms with van der Waals surface area (Å²) in [5, 5.41) is 8.94. The number of benzene rings is 1. The van der Waals surface area contributed by atoms with E-state index in [-0.39, 0.29) is 18.6 Å². The number of ketones is 1. The topological polar surface area (TPSA) is 176 Å². The van der Waals surface area contributed by atoms with Crippen LogP contribution in [0, 0.1) is 5.41 Å². The molecule has 0 aliphatic heterocycles. The Morgan fingerprint density at radius 1 is 1.14 bits per heavy atom. The Morgan fingerprint density at radius 2 is 1.72 bits per heavy atom. The minimum Gasteiger partial charge on any atom is -0.481 e. The van der Waals surface area contributed by atoms with Gasteiger partial charge in [-0.2, -0.15) is 0 Å². The van der Waals surface area contributed by atoms with E-state index in [4.69, 9.17) is 27.0 Å². The molecule has 1 aliphatic rings. The van der Waals surface area contributed by atoms with Gasteiger partial charge in [-0.25, -0.2) is 4.79 Å². The number of aliphatic carboxylic acids is 1. The lowest BCUT2D eigenvalue weighted by molar-refractivity contribution is -0.149. The first-order valence-electron chi connectivity index (χ1n) is 9.48. The van der Waals surface area contributed by atoms with Crippen LogP contribution in [0.25, 0.3) is 0 Å². The highest BCUT2D eigenvalue weighted by atomic mass is 16.5. The van der Waals surface area contributed by atoms with Crippen molar-refractivity contribution >= 4 is 23.6 Å². The van der Waals surface area contributed by atoms with Gasteiger partial charge in [0, 0.05) is 5.41 Å². The van der Waals surface area contributed by atoms with Gasteiger partial charge in [0.05, 0.1) is 12.5 Å². The lowest BCUT2D eigenvalue weighted by Gasteiger charge is -2.32. The first-order valence-corrected chi connectivity index (χ1v) is 9.48. The molecule has 9 heteroatoms. The molecule has 1 amide bonds. The summed E-state index contributed by atoms with van der Waals surface area (Å²) in [6, 6.07) is 6.54. The van der Waals surface area contributed by atoms with Gasteiger partial charge in [0.2, 0.25) is 5.91 Å². The number of carboxylic acids is 1. The number of amides is 1. The largest absolute Gasteiger partial charge is 0.481 e. The summed E-state index contributed by atoms with van der Waals surface area (Å²) in [6.45, 7) is 0. The zero-order chi connectivity index (χ0) is 21.7. The zero-order valence-electron chi connectivity index (χ0n) is 16.1. The fourth-order valence-corrected chi connectivity index (χ4v) is 3.73.